The van der Waals surface area contributed by atoms with Gasteiger partial charge in [-0.05, 0) is 42.8 Å². The second kappa shape index (κ2) is 5.90. The summed E-state index contributed by atoms with van der Waals surface area (Å²) < 4.78 is 21.2. The molecule has 6 heteroatoms. The first-order valence-corrected chi connectivity index (χ1v) is 7.72. The van der Waals surface area contributed by atoms with Crippen molar-refractivity contribution in [3.8, 4) is 11.3 Å². The lowest BCUT2D eigenvalue weighted by molar-refractivity contribution is 0.0996. The highest BCUT2D eigenvalue weighted by Crippen LogP contribution is 2.31. The molecule has 3 aromatic heterocycles. The first-order valence-electron chi connectivity index (χ1n) is 7.72. The van der Waals surface area contributed by atoms with Gasteiger partial charge < -0.3 is 9.73 Å². The zero-order chi connectivity index (χ0) is 17.4. The van der Waals surface area contributed by atoms with Crippen LogP contribution in [-0.2, 0) is 0 Å². The van der Waals surface area contributed by atoms with Crippen LogP contribution in [0, 0.1) is 12.7 Å². The van der Waals surface area contributed by atoms with Gasteiger partial charge in [-0.25, -0.2) is 9.37 Å². The Labute approximate surface area is 142 Å². The average molecular weight is 335 g/mol. The molecule has 0 radical (unpaired) electrons. The third kappa shape index (κ3) is 2.67. The van der Waals surface area contributed by atoms with Gasteiger partial charge in [-0.15, -0.1) is 0 Å². The topological polar surface area (TPSA) is 59.5 Å². The Hall–Kier alpha value is -3.41. The molecule has 1 amide bonds. The molecule has 124 valence electrons. The lowest BCUT2D eigenvalue weighted by Gasteiger charge is -2.07. The van der Waals surface area contributed by atoms with E-state index in [2.05, 4.69) is 10.3 Å². The number of halogens is 1. The number of carbonyl (C=O) groups excluding carboxylic acids is 1. The van der Waals surface area contributed by atoms with E-state index >= 15 is 0 Å². The van der Waals surface area contributed by atoms with Crippen molar-refractivity contribution in [3.05, 3.63) is 78.1 Å². The van der Waals surface area contributed by atoms with E-state index in [4.69, 9.17) is 4.42 Å². The van der Waals surface area contributed by atoms with Gasteiger partial charge in [-0.2, -0.15) is 0 Å². The molecule has 0 bridgehead atoms. The number of nitrogens with one attached hydrogen (secondary N) is 1. The van der Waals surface area contributed by atoms with Crippen LogP contribution in [0.25, 0.3) is 16.9 Å². The summed E-state index contributed by atoms with van der Waals surface area (Å²) in [6.45, 7) is 1.93. The van der Waals surface area contributed by atoms with Crippen molar-refractivity contribution in [1.29, 1.82) is 0 Å². The number of aromatic nitrogens is 2. The predicted octanol–water partition coefficient (Wildman–Crippen LogP) is 4.29. The Morgan fingerprint density at radius 2 is 2.00 bits per heavy atom. The van der Waals surface area contributed by atoms with Gasteiger partial charge >= 0.3 is 0 Å². The van der Waals surface area contributed by atoms with Gasteiger partial charge in [0.25, 0.3) is 5.91 Å². The number of aryl methyl sites for hydroxylation is 1. The summed E-state index contributed by atoms with van der Waals surface area (Å²) in [6.07, 6.45) is 3.26. The Kier molecular flexibility index (Phi) is 3.57. The molecule has 0 aliphatic carbocycles. The number of hydrogen-bond acceptors (Lipinski definition) is 3. The fourth-order valence-corrected chi connectivity index (χ4v) is 2.69. The molecule has 0 aliphatic heterocycles. The van der Waals surface area contributed by atoms with Crippen LogP contribution in [0.2, 0.25) is 0 Å². The van der Waals surface area contributed by atoms with Crippen LogP contribution >= 0.6 is 0 Å². The third-order valence-electron chi connectivity index (χ3n) is 3.87. The maximum atomic E-state index is 14.3. The van der Waals surface area contributed by atoms with Gasteiger partial charge in [0.15, 0.2) is 5.76 Å². The summed E-state index contributed by atoms with van der Waals surface area (Å²) in [6, 6.07) is 13.3. The highest BCUT2D eigenvalue weighted by molar-refractivity contribution is 6.04. The van der Waals surface area contributed by atoms with Gasteiger partial charge in [-0.3, -0.25) is 9.20 Å². The van der Waals surface area contributed by atoms with Crippen molar-refractivity contribution < 1.29 is 13.6 Å². The van der Waals surface area contributed by atoms with Crippen LogP contribution in [0.1, 0.15) is 16.1 Å². The number of carbonyl (C=O) groups is 1. The number of fused-ring (bicyclic) bond motifs is 1. The van der Waals surface area contributed by atoms with Crippen LogP contribution < -0.4 is 5.32 Å². The van der Waals surface area contributed by atoms with Gasteiger partial charge in [0.05, 0.1) is 6.26 Å². The van der Waals surface area contributed by atoms with Crippen molar-refractivity contribution in [2.75, 3.05) is 5.32 Å². The van der Waals surface area contributed by atoms with Gasteiger partial charge in [0.1, 0.15) is 23.0 Å². The van der Waals surface area contributed by atoms with Crippen LogP contribution in [0.4, 0.5) is 10.2 Å². The van der Waals surface area contributed by atoms with Crippen molar-refractivity contribution in [2.45, 2.75) is 6.92 Å². The van der Waals surface area contributed by atoms with Crippen molar-refractivity contribution in [2.24, 2.45) is 0 Å². The molecule has 0 saturated heterocycles. The second-order valence-corrected chi connectivity index (χ2v) is 5.65. The maximum Gasteiger partial charge on any atom is 0.292 e. The predicted molar refractivity (Wildman–Crippen MR) is 92.0 cm³/mol. The first-order chi connectivity index (χ1) is 12.1. The van der Waals surface area contributed by atoms with Crippen LogP contribution in [0.5, 0.6) is 0 Å². The molecule has 0 saturated carbocycles. The molecule has 5 nitrogen and oxygen atoms in total. The monoisotopic (exact) mass is 335 g/mol. The Morgan fingerprint density at radius 1 is 1.16 bits per heavy atom. The van der Waals surface area contributed by atoms with Crippen molar-refractivity contribution in [3.63, 3.8) is 0 Å². The molecule has 0 unspecified atom stereocenters. The van der Waals surface area contributed by atoms with E-state index in [9.17, 15) is 9.18 Å². The maximum absolute atomic E-state index is 14.3. The number of imidazole rings is 1. The molecular weight excluding hydrogens is 321 g/mol. The number of benzene rings is 1. The van der Waals surface area contributed by atoms with Crippen molar-refractivity contribution >= 4 is 17.4 Å². The third-order valence-corrected chi connectivity index (χ3v) is 3.87. The Bertz CT molecular complexity index is 1070. The minimum atomic E-state index is -0.425. The highest BCUT2D eigenvalue weighted by atomic mass is 19.1. The van der Waals surface area contributed by atoms with Crippen LogP contribution in [-0.4, -0.2) is 15.3 Å². The molecule has 4 aromatic rings. The Morgan fingerprint density at radius 3 is 2.76 bits per heavy atom. The SMILES string of the molecule is Cc1ccc2nc(-c3ccccc3F)c(NC(=O)c3ccco3)n2c1. The molecule has 0 atom stereocenters. The molecule has 25 heavy (non-hydrogen) atoms. The first kappa shape index (κ1) is 15.1. The van der Waals surface area contributed by atoms with E-state index in [0.29, 0.717) is 22.7 Å². The molecule has 0 aliphatic rings. The summed E-state index contributed by atoms with van der Waals surface area (Å²) in [7, 11) is 0. The molecule has 4 rings (SSSR count). The number of nitrogens with zero attached hydrogens (tertiary/aromatic N) is 2. The summed E-state index contributed by atoms with van der Waals surface area (Å²) in [4.78, 5) is 16.9. The standard InChI is InChI=1S/C19H14FN3O2/c1-12-8-9-16-21-17(13-5-2-3-6-14(13)20)18(23(16)11-12)22-19(24)15-7-4-10-25-15/h2-11H,1H3,(H,22,24). The van der Waals surface area contributed by atoms with Crippen molar-refractivity contribution in [1.82, 2.24) is 9.38 Å². The number of anilines is 1. The number of rotatable bonds is 3. The van der Waals surface area contributed by atoms with Gasteiger partial charge in [0, 0.05) is 11.8 Å². The molecule has 1 N–H and O–H groups in total. The Balaban J connectivity index is 1.90. The number of hydrogen-bond donors (Lipinski definition) is 1. The van der Waals surface area contributed by atoms with E-state index in [1.165, 1.54) is 12.3 Å². The minimum Gasteiger partial charge on any atom is -0.459 e. The normalized spacial score (nSPS) is 11.0. The zero-order valence-corrected chi connectivity index (χ0v) is 13.4. The lowest BCUT2D eigenvalue weighted by atomic mass is 10.1. The molecule has 3 heterocycles. The average Bonchev–Trinajstić information content (AvgIpc) is 3.24. The summed E-state index contributed by atoms with van der Waals surface area (Å²) >= 11 is 0. The molecule has 0 fully saturated rings. The molecular formula is C19H14FN3O2. The quantitative estimate of drug-likeness (QED) is 0.607. The fraction of sp³-hybridized carbons (Fsp3) is 0.0526. The smallest absolute Gasteiger partial charge is 0.292 e. The lowest BCUT2D eigenvalue weighted by Crippen LogP contribution is -2.13. The van der Waals surface area contributed by atoms with Crippen LogP contribution in [0.3, 0.4) is 0 Å². The van der Waals surface area contributed by atoms with Crippen LogP contribution in [0.15, 0.2) is 65.4 Å². The number of pyridine rings is 1. The second-order valence-electron chi connectivity index (χ2n) is 5.65. The van der Waals surface area contributed by atoms with E-state index in [1.54, 1.807) is 34.7 Å². The molecule has 0 spiro atoms. The number of amides is 1. The molecule has 1 aromatic carbocycles. The van der Waals surface area contributed by atoms with E-state index in [0.717, 1.165) is 5.56 Å². The fourth-order valence-electron chi connectivity index (χ4n) is 2.69. The summed E-state index contributed by atoms with van der Waals surface area (Å²) in [5.41, 5.74) is 2.28. The van der Waals surface area contributed by atoms with Gasteiger partial charge in [-0.1, -0.05) is 18.2 Å². The zero-order valence-electron chi connectivity index (χ0n) is 13.4. The summed E-state index contributed by atoms with van der Waals surface area (Å²) in [5, 5.41) is 2.79. The summed E-state index contributed by atoms with van der Waals surface area (Å²) in [5.74, 6) is -0.269. The van der Waals surface area contributed by atoms with E-state index in [-0.39, 0.29) is 5.76 Å². The minimum absolute atomic E-state index is 0.169. The highest BCUT2D eigenvalue weighted by Gasteiger charge is 2.20. The number of furan rings is 1. The van der Waals surface area contributed by atoms with E-state index < -0.39 is 11.7 Å². The largest absolute Gasteiger partial charge is 0.459 e. The van der Waals surface area contributed by atoms with E-state index in [1.807, 2.05) is 25.3 Å². The van der Waals surface area contributed by atoms with Gasteiger partial charge in [0.2, 0.25) is 0 Å².